The van der Waals surface area contributed by atoms with E-state index < -0.39 is 11.2 Å². The summed E-state index contributed by atoms with van der Waals surface area (Å²) in [6.45, 7) is 4.67. The van der Waals surface area contributed by atoms with Crippen LogP contribution in [0, 0.1) is 0 Å². The van der Waals surface area contributed by atoms with Crippen molar-refractivity contribution in [2.24, 2.45) is 0 Å². The molecular formula is C8H13NO4S. The SMILES string of the molecule is CC(=O)N(C(=O)SCC(=O)O)C(C)C. The lowest BCUT2D eigenvalue weighted by molar-refractivity contribution is -0.134. The summed E-state index contributed by atoms with van der Waals surface area (Å²) < 4.78 is 0. The van der Waals surface area contributed by atoms with Crippen molar-refractivity contribution < 1.29 is 19.5 Å². The maximum Gasteiger partial charge on any atom is 0.314 e. The number of nitrogens with zero attached hydrogens (tertiary/aromatic N) is 1. The molecule has 1 N–H and O–H groups in total. The Morgan fingerprint density at radius 3 is 2.14 bits per heavy atom. The van der Waals surface area contributed by atoms with Gasteiger partial charge in [0.15, 0.2) is 0 Å². The Bertz CT molecular complexity index is 252. The lowest BCUT2D eigenvalue weighted by Gasteiger charge is -2.21. The fourth-order valence-corrected chi connectivity index (χ4v) is 1.62. The average molecular weight is 219 g/mol. The van der Waals surface area contributed by atoms with E-state index in [4.69, 9.17) is 5.11 Å². The molecule has 0 aromatic heterocycles. The van der Waals surface area contributed by atoms with E-state index in [1.807, 2.05) is 0 Å². The molecule has 0 radical (unpaired) electrons. The molecule has 2 amide bonds. The van der Waals surface area contributed by atoms with E-state index in [-0.39, 0.29) is 17.7 Å². The van der Waals surface area contributed by atoms with Gasteiger partial charge in [-0.25, -0.2) is 0 Å². The van der Waals surface area contributed by atoms with E-state index in [1.165, 1.54) is 6.92 Å². The molecule has 14 heavy (non-hydrogen) atoms. The Morgan fingerprint density at radius 2 is 1.86 bits per heavy atom. The van der Waals surface area contributed by atoms with Gasteiger partial charge in [-0.3, -0.25) is 19.3 Å². The zero-order valence-electron chi connectivity index (χ0n) is 8.31. The highest BCUT2D eigenvalue weighted by Crippen LogP contribution is 2.12. The quantitative estimate of drug-likeness (QED) is 0.771. The highest BCUT2D eigenvalue weighted by Gasteiger charge is 2.21. The van der Waals surface area contributed by atoms with Gasteiger partial charge in [0.05, 0.1) is 0 Å². The number of carbonyl (C=O) groups is 3. The Labute approximate surface area is 86.5 Å². The van der Waals surface area contributed by atoms with Crippen molar-refractivity contribution in [2.75, 3.05) is 5.75 Å². The maximum absolute atomic E-state index is 11.3. The Balaban J connectivity index is 4.31. The number of aliphatic carboxylic acids is 1. The molecule has 0 aliphatic heterocycles. The molecule has 5 nitrogen and oxygen atoms in total. The lowest BCUT2D eigenvalue weighted by atomic mass is 10.3. The molecule has 0 fully saturated rings. The standard InChI is InChI=1S/C8H13NO4S/c1-5(2)9(6(3)10)8(13)14-4-7(11)12/h5H,4H2,1-3H3,(H,11,12). The number of hydrogen-bond donors (Lipinski definition) is 1. The molecule has 0 saturated heterocycles. The summed E-state index contributed by atoms with van der Waals surface area (Å²) in [4.78, 5) is 33.6. The van der Waals surface area contributed by atoms with Crippen LogP contribution in [0.25, 0.3) is 0 Å². The Morgan fingerprint density at radius 1 is 1.36 bits per heavy atom. The van der Waals surface area contributed by atoms with E-state index in [9.17, 15) is 14.4 Å². The topological polar surface area (TPSA) is 74.7 Å². The lowest BCUT2D eigenvalue weighted by Crippen LogP contribution is -2.38. The number of carboxylic acid groups (broad SMARTS) is 1. The maximum atomic E-state index is 11.3. The third-order valence-electron chi connectivity index (χ3n) is 1.37. The largest absolute Gasteiger partial charge is 0.481 e. The second-order valence-corrected chi connectivity index (χ2v) is 3.86. The van der Waals surface area contributed by atoms with Crippen LogP contribution in [0.3, 0.4) is 0 Å². The molecule has 0 unspecified atom stereocenters. The van der Waals surface area contributed by atoms with Gasteiger partial charge in [0, 0.05) is 13.0 Å². The van der Waals surface area contributed by atoms with Gasteiger partial charge >= 0.3 is 5.97 Å². The summed E-state index contributed by atoms with van der Waals surface area (Å²) >= 11 is 0.616. The van der Waals surface area contributed by atoms with Crippen molar-refractivity contribution in [3.8, 4) is 0 Å². The molecule has 0 saturated carbocycles. The molecule has 0 rings (SSSR count). The van der Waals surface area contributed by atoms with Gasteiger partial charge in [-0.15, -0.1) is 0 Å². The predicted octanol–water partition coefficient (Wildman–Crippen LogP) is 1.18. The number of hydrogen-bond acceptors (Lipinski definition) is 4. The molecular weight excluding hydrogens is 206 g/mol. The number of carbonyl (C=O) groups excluding carboxylic acids is 2. The van der Waals surface area contributed by atoms with Crippen LogP contribution in [0.4, 0.5) is 4.79 Å². The van der Waals surface area contributed by atoms with Gasteiger partial charge < -0.3 is 5.11 Å². The van der Waals surface area contributed by atoms with Gasteiger partial charge in [0.1, 0.15) is 5.75 Å². The zero-order chi connectivity index (χ0) is 11.3. The molecule has 0 atom stereocenters. The van der Waals surface area contributed by atoms with Crippen molar-refractivity contribution in [3.63, 3.8) is 0 Å². The van der Waals surface area contributed by atoms with Crippen LogP contribution in [0.2, 0.25) is 0 Å². The van der Waals surface area contributed by atoms with Crippen molar-refractivity contribution in [1.82, 2.24) is 4.90 Å². The molecule has 80 valence electrons. The average Bonchev–Trinajstić information content (AvgIpc) is 1.99. The number of thioether (sulfide) groups is 1. The van der Waals surface area contributed by atoms with Crippen LogP contribution in [-0.4, -0.2) is 38.9 Å². The minimum Gasteiger partial charge on any atom is -0.481 e. The normalized spacial score (nSPS) is 10.0. The first-order chi connectivity index (χ1) is 6.36. The van der Waals surface area contributed by atoms with E-state index >= 15 is 0 Å². The van der Waals surface area contributed by atoms with Crippen molar-refractivity contribution in [1.29, 1.82) is 0 Å². The first kappa shape index (κ1) is 13.0. The predicted molar refractivity (Wildman–Crippen MR) is 53.1 cm³/mol. The van der Waals surface area contributed by atoms with Crippen molar-refractivity contribution in [3.05, 3.63) is 0 Å². The molecule has 0 heterocycles. The van der Waals surface area contributed by atoms with Crippen LogP contribution >= 0.6 is 11.8 Å². The first-order valence-corrected chi connectivity index (χ1v) is 5.03. The Hall–Kier alpha value is -1.04. The molecule has 0 aromatic rings. The van der Waals surface area contributed by atoms with Crippen molar-refractivity contribution >= 4 is 28.9 Å². The first-order valence-electron chi connectivity index (χ1n) is 4.04. The smallest absolute Gasteiger partial charge is 0.314 e. The van der Waals surface area contributed by atoms with E-state index in [2.05, 4.69) is 0 Å². The summed E-state index contributed by atoms with van der Waals surface area (Å²) in [7, 11) is 0. The van der Waals surface area contributed by atoms with Gasteiger partial charge in [-0.05, 0) is 13.8 Å². The second kappa shape index (κ2) is 5.64. The molecule has 0 aliphatic rings. The molecule has 0 bridgehead atoms. The molecule has 0 aliphatic carbocycles. The highest BCUT2D eigenvalue weighted by molar-refractivity contribution is 8.14. The fourth-order valence-electron chi connectivity index (χ4n) is 0.896. The molecule has 0 spiro atoms. The third-order valence-corrected chi connectivity index (χ3v) is 2.21. The van der Waals surface area contributed by atoms with Gasteiger partial charge in [-0.2, -0.15) is 0 Å². The summed E-state index contributed by atoms with van der Waals surface area (Å²) in [6.07, 6.45) is 0. The number of amides is 2. The van der Waals surface area contributed by atoms with Crippen LogP contribution in [0.1, 0.15) is 20.8 Å². The number of imide groups is 1. The highest BCUT2D eigenvalue weighted by atomic mass is 32.2. The van der Waals surface area contributed by atoms with E-state index in [1.54, 1.807) is 13.8 Å². The van der Waals surface area contributed by atoms with Crippen LogP contribution in [-0.2, 0) is 9.59 Å². The zero-order valence-corrected chi connectivity index (χ0v) is 9.13. The summed E-state index contributed by atoms with van der Waals surface area (Å²) in [6, 6.07) is -0.249. The number of carboxylic acids is 1. The summed E-state index contributed by atoms with van der Waals surface area (Å²) in [5, 5.41) is 7.83. The van der Waals surface area contributed by atoms with Gasteiger partial charge in [0.2, 0.25) is 5.91 Å². The molecule has 0 aromatic carbocycles. The summed E-state index contributed by atoms with van der Waals surface area (Å²) in [5.74, 6) is -1.77. The Kier molecular flexibility index (Phi) is 5.22. The van der Waals surface area contributed by atoms with Crippen LogP contribution in [0.15, 0.2) is 0 Å². The van der Waals surface area contributed by atoms with Crippen LogP contribution < -0.4 is 0 Å². The van der Waals surface area contributed by atoms with Crippen molar-refractivity contribution in [2.45, 2.75) is 26.8 Å². The summed E-state index contributed by atoms with van der Waals surface area (Å²) in [5.41, 5.74) is 0. The van der Waals surface area contributed by atoms with Gasteiger partial charge in [-0.1, -0.05) is 11.8 Å². The minimum absolute atomic E-state index is 0.249. The van der Waals surface area contributed by atoms with E-state index in [0.29, 0.717) is 11.8 Å². The molecule has 6 heteroatoms. The number of rotatable bonds is 3. The monoisotopic (exact) mass is 219 g/mol. The van der Waals surface area contributed by atoms with Gasteiger partial charge in [0.25, 0.3) is 5.24 Å². The minimum atomic E-state index is -1.07. The van der Waals surface area contributed by atoms with E-state index in [0.717, 1.165) is 4.90 Å². The fraction of sp³-hybridized carbons (Fsp3) is 0.625. The third kappa shape index (κ3) is 4.27. The second-order valence-electron chi connectivity index (χ2n) is 2.93. The van der Waals surface area contributed by atoms with Crippen LogP contribution in [0.5, 0.6) is 0 Å².